The van der Waals surface area contributed by atoms with E-state index in [0.717, 1.165) is 96.3 Å². The molecule has 408 valence electrons. The molecule has 0 fully saturated rings. The lowest BCUT2D eigenvalue weighted by molar-refractivity contribution is -0.167. The van der Waals surface area contributed by atoms with Crippen LogP contribution in [0.25, 0.3) is 0 Å². The molecule has 0 saturated carbocycles. The maximum absolute atomic E-state index is 12.8. The van der Waals surface area contributed by atoms with Crippen LogP contribution in [-0.2, 0) is 28.6 Å². The first-order valence-corrected chi connectivity index (χ1v) is 30.6. The van der Waals surface area contributed by atoms with Gasteiger partial charge in [-0.2, -0.15) is 0 Å². The molecule has 1 atom stereocenters. The van der Waals surface area contributed by atoms with Crippen LogP contribution in [0.3, 0.4) is 0 Å². The zero-order chi connectivity index (χ0) is 50.7. The van der Waals surface area contributed by atoms with Crippen molar-refractivity contribution in [2.45, 2.75) is 329 Å². The molecule has 0 aliphatic carbocycles. The number of allylic oxidation sites excluding steroid dienone is 8. The highest BCUT2D eigenvalue weighted by atomic mass is 16.6. The molecule has 0 N–H and O–H groups in total. The number of hydrogen-bond acceptors (Lipinski definition) is 6. The molecule has 0 radical (unpaired) electrons. The Balaban J connectivity index is 4.24. The minimum atomic E-state index is -0.782. The monoisotopic (exact) mass is 981 g/mol. The number of rotatable bonds is 56. The first-order chi connectivity index (χ1) is 34.5. The van der Waals surface area contributed by atoms with Crippen LogP contribution in [0.2, 0.25) is 0 Å². The Morgan fingerprint density at radius 1 is 0.286 bits per heavy atom. The third kappa shape index (κ3) is 56.3. The molecule has 0 saturated heterocycles. The third-order valence-electron chi connectivity index (χ3n) is 13.5. The van der Waals surface area contributed by atoms with Crippen LogP contribution in [0.15, 0.2) is 48.6 Å². The standard InChI is InChI=1S/C64H116O6/c1-4-7-10-13-16-19-22-25-27-28-29-30-31-32-33-34-35-36-37-40-42-45-48-51-54-57-63(66)69-60-61(59-68-62(65)56-53-50-47-44-41-38-24-21-18-15-12-9-6-3)70-64(67)58-55-52-49-46-43-39-26-23-20-17-14-11-8-5-2/h12,15,21,23-24,26,28-29,61H,4-11,13-14,16-20,22,25,27,30-60H2,1-3H3/b15-12-,24-21-,26-23-,29-28-. The number of carbonyl (C=O) groups is 3. The molecule has 0 aromatic heterocycles. The zero-order valence-corrected chi connectivity index (χ0v) is 46.8. The molecule has 0 heterocycles. The smallest absolute Gasteiger partial charge is 0.306 e. The van der Waals surface area contributed by atoms with Crippen molar-refractivity contribution >= 4 is 17.9 Å². The van der Waals surface area contributed by atoms with Crippen LogP contribution in [-0.4, -0.2) is 37.2 Å². The molecule has 0 bridgehead atoms. The van der Waals surface area contributed by atoms with Gasteiger partial charge >= 0.3 is 17.9 Å². The molecule has 1 unspecified atom stereocenters. The highest BCUT2D eigenvalue weighted by Crippen LogP contribution is 2.16. The minimum Gasteiger partial charge on any atom is -0.462 e. The molecule has 0 aromatic rings. The summed E-state index contributed by atoms with van der Waals surface area (Å²) in [6.45, 7) is 6.58. The maximum Gasteiger partial charge on any atom is 0.306 e. The third-order valence-corrected chi connectivity index (χ3v) is 13.5. The van der Waals surface area contributed by atoms with E-state index in [-0.39, 0.29) is 31.1 Å². The van der Waals surface area contributed by atoms with E-state index >= 15 is 0 Å². The summed E-state index contributed by atoms with van der Waals surface area (Å²) in [4.78, 5) is 38.2. The second-order valence-electron chi connectivity index (χ2n) is 20.6. The van der Waals surface area contributed by atoms with Gasteiger partial charge in [-0.15, -0.1) is 0 Å². The van der Waals surface area contributed by atoms with Gasteiger partial charge in [0.1, 0.15) is 13.2 Å². The van der Waals surface area contributed by atoms with Crippen LogP contribution in [0.1, 0.15) is 323 Å². The van der Waals surface area contributed by atoms with E-state index in [1.807, 2.05) is 0 Å². The molecule has 6 heteroatoms. The van der Waals surface area contributed by atoms with Gasteiger partial charge in [0, 0.05) is 19.3 Å². The summed E-state index contributed by atoms with van der Waals surface area (Å²) < 4.78 is 16.9. The molecule has 6 nitrogen and oxygen atoms in total. The zero-order valence-electron chi connectivity index (χ0n) is 46.8. The molecular formula is C64H116O6. The Labute approximate surface area is 435 Å². The summed E-state index contributed by atoms with van der Waals surface area (Å²) in [7, 11) is 0. The molecular weight excluding hydrogens is 865 g/mol. The van der Waals surface area contributed by atoms with Crippen molar-refractivity contribution in [3.8, 4) is 0 Å². The number of unbranched alkanes of at least 4 members (excludes halogenated alkanes) is 37. The first-order valence-electron chi connectivity index (χ1n) is 30.6. The second kappa shape index (κ2) is 58.9. The molecule has 0 amide bonds. The second-order valence-corrected chi connectivity index (χ2v) is 20.6. The van der Waals surface area contributed by atoms with Gasteiger partial charge < -0.3 is 14.2 Å². The Morgan fingerprint density at radius 2 is 0.543 bits per heavy atom. The number of hydrogen-bond donors (Lipinski definition) is 0. The Bertz CT molecular complexity index is 1220. The van der Waals surface area contributed by atoms with Crippen molar-refractivity contribution < 1.29 is 28.6 Å². The number of ether oxygens (including phenoxy) is 3. The topological polar surface area (TPSA) is 78.9 Å². The first kappa shape index (κ1) is 67.4. The Hall–Kier alpha value is -2.63. The van der Waals surface area contributed by atoms with Crippen molar-refractivity contribution in [1.29, 1.82) is 0 Å². The van der Waals surface area contributed by atoms with Gasteiger partial charge in [0.2, 0.25) is 0 Å². The van der Waals surface area contributed by atoms with Gasteiger partial charge in [-0.25, -0.2) is 0 Å². The summed E-state index contributed by atoms with van der Waals surface area (Å²) in [5.41, 5.74) is 0. The average molecular weight is 982 g/mol. The van der Waals surface area contributed by atoms with Crippen LogP contribution < -0.4 is 0 Å². The fourth-order valence-electron chi connectivity index (χ4n) is 8.88. The van der Waals surface area contributed by atoms with Crippen LogP contribution in [0.5, 0.6) is 0 Å². The van der Waals surface area contributed by atoms with Crippen LogP contribution in [0.4, 0.5) is 0 Å². The van der Waals surface area contributed by atoms with Gasteiger partial charge in [0.05, 0.1) is 0 Å². The van der Waals surface area contributed by atoms with Crippen LogP contribution in [0, 0.1) is 0 Å². The average Bonchev–Trinajstić information content (AvgIpc) is 3.36. The highest BCUT2D eigenvalue weighted by Gasteiger charge is 2.19. The van der Waals surface area contributed by atoms with E-state index < -0.39 is 6.10 Å². The number of esters is 3. The predicted molar refractivity (Wildman–Crippen MR) is 302 cm³/mol. The molecule has 0 aliphatic rings. The van der Waals surface area contributed by atoms with Gasteiger partial charge in [-0.1, -0.05) is 256 Å². The fraction of sp³-hybridized carbons (Fsp3) is 0.828. The summed E-state index contributed by atoms with van der Waals surface area (Å²) in [6.07, 6.45) is 72.6. The van der Waals surface area contributed by atoms with E-state index in [2.05, 4.69) is 69.4 Å². The SMILES string of the molecule is CCC/C=C\C/C=C\CCCCCCCC(=O)OCC(COC(=O)CCCCCCCCCCCCCCC/C=C\CCCCCCCCCC)OC(=O)CCCCCCC/C=C\CCCCCCC. The summed E-state index contributed by atoms with van der Waals surface area (Å²) >= 11 is 0. The summed E-state index contributed by atoms with van der Waals surface area (Å²) in [6, 6.07) is 0. The number of carbonyl (C=O) groups excluding carboxylic acids is 3. The minimum absolute atomic E-state index is 0.0790. The quantitative estimate of drug-likeness (QED) is 0.0261. The van der Waals surface area contributed by atoms with E-state index in [1.54, 1.807) is 0 Å². The van der Waals surface area contributed by atoms with Gasteiger partial charge in [-0.05, 0) is 96.3 Å². The van der Waals surface area contributed by atoms with Crippen molar-refractivity contribution in [3.05, 3.63) is 48.6 Å². The van der Waals surface area contributed by atoms with Crippen LogP contribution >= 0.6 is 0 Å². The van der Waals surface area contributed by atoms with E-state index in [9.17, 15) is 14.4 Å². The van der Waals surface area contributed by atoms with Crippen molar-refractivity contribution in [3.63, 3.8) is 0 Å². The lowest BCUT2D eigenvalue weighted by Crippen LogP contribution is -2.30. The van der Waals surface area contributed by atoms with Gasteiger partial charge in [0.25, 0.3) is 0 Å². The van der Waals surface area contributed by atoms with Gasteiger partial charge in [0.15, 0.2) is 6.10 Å². The van der Waals surface area contributed by atoms with E-state index in [0.29, 0.717) is 19.3 Å². The highest BCUT2D eigenvalue weighted by molar-refractivity contribution is 5.71. The lowest BCUT2D eigenvalue weighted by Gasteiger charge is -2.18. The van der Waals surface area contributed by atoms with Crippen molar-refractivity contribution in [2.24, 2.45) is 0 Å². The maximum atomic E-state index is 12.8. The largest absolute Gasteiger partial charge is 0.462 e. The normalized spacial score (nSPS) is 12.3. The molecule has 0 rings (SSSR count). The van der Waals surface area contributed by atoms with Gasteiger partial charge in [-0.3, -0.25) is 14.4 Å². The Morgan fingerprint density at radius 3 is 0.857 bits per heavy atom. The summed E-state index contributed by atoms with van der Waals surface area (Å²) in [5, 5.41) is 0. The van der Waals surface area contributed by atoms with Crippen molar-refractivity contribution in [1.82, 2.24) is 0 Å². The molecule has 0 aromatic carbocycles. The lowest BCUT2D eigenvalue weighted by atomic mass is 10.0. The van der Waals surface area contributed by atoms with Crippen molar-refractivity contribution in [2.75, 3.05) is 13.2 Å². The predicted octanol–water partition coefficient (Wildman–Crippen LogP) is 20.6. The molecule has 0 spiro atoms. The summed E-state index contributed by atoms with van der Waals surface area (Å²) in [5.74, 6) is -0.888. The Kier molecular flexibility index (Phi) is 56.7. The fourth-order valence-corrected chi connectivity index (χ4v) is 8.88. The van der Waals surface area contributed by atoms with E-state index in [1.165, 1.54) is 186 Å². The molecule has 0 aliphatic heterocycles. The molecule has 70 heavy (non-hydrogen) atoms. The van der Waals surface area contributed by atoms with E-state index in [4.69, 9.17) is 14.2 Å².